The third kappa shape index (κ3) is 6.53. The Morgan fingerprint density at radius 1 is 0.538 bits per heavy atom. The largest absolute Gasteiger partial charge is 0.472 e. The van der Waals surface area contributed by atoms with Crippen LogP contribution in [0, 0.1) is 6.92 Å². The van der Waals surface area contributed by atoms with Crippen LogP contribution in [0.1, 0.15) is 187 Å². The lowest BCUT2D eigenvalue weighted by molar-refractivity contribution is 0.282. The van der Waals surface area contributed by atoms with E-state index < -0.39 is 8.07 Å². The Morgan fingerprint density at radius 2 is 1.08 bits per heavy atom. The van der Waals surface area contributed by atoms with E-state index in [0.29, 0.717) is 0 Å². The Hall–Kier alpha value is -3.96. The minimum Gasteiger partial charge on any atom is -0.472 e. The second-order valence-corrected chi connectivity index (χ2v) is 32.6. The standard InChI is InChI=1S/C60H79BN2OSi/c1-36-32-44-49-45(33-36)63(43-25-20-37(54(2,3)4)34-46(43)65(17,18)19)51-48-52(60(15,16)31-30-59(48,13)14)64-53(51)61(49)42-24-23-40-47(58(11,12)29-28-56(40,7)8)50(42)62(44)38-21-22-39-41(35-38)57(9,10)27-26-55(39,5)6/h20-25,32-35H,26-31H2,1-19H3. The summed E-state index contributed by atoms with van der Waals surface area (Å²) in [6.45, 7) is 46.8. The predicted octanol–water partition coefficient (Wildman–Crippen LogP) is 14.6. The minimum absolute atomic E-state index is 0.0228. The van der Waals surface area contributed by atoms with Crippen LogP contribution in [0.15, 0.2) is 65.1 Å². The molecule has 0 radical (unpaired) electrons. The van der Waals surface area contributed by atoms with Gasteiger partial charge in [-0.05, 0) is 158 Å². The molecule has 0 N–H and O–H groups in total. The van der Waals surface area contributed by atoms with Crippen LogP contribution >= 0.6 is 0 Å². The third-order valence-electron chi connectivity index (χ3n) is 17.6. The van der Waals surface area contributed by atoms with Gasteiger partial charge in [0, 0.05) is 39.4 Å². The Bertz CT molecular complexity index is 2830. The lowest BCUT2D eigenvalue weighted by atomic mass is 9.34. The first-order valence-electron chi connectivity index (χ1n) is 25.3. The molecule has 4 aromatic carbocycles. The van der Waals surface area contributed by atoms with Crippen LogP contribution in [-0.4, -0.2) is 14.8 Å². The van der Waals surface area contributed by atoms with Crippen LogP contribution in [0.2, 0.25) is 19.6 Å². The van der Waals surface area contributed by atoms with Crippen molar-refractivity contribution in [2.75, 3.05) is 9.80 Å². The molecule has 0 spiro atoms. The van der Waals surface area contributed by atoms with E-state index in [2.05, 4.69) is 201 Å². The summed E-state index contributed by atoms with van der Waals surface area (Å²) in [5.41, 5.74) is 22.1. The average Bonchev–Trinajstić information content (AvgIpc) is 3.62. The fourth-order valence-corrected chi connectivity index (χ4v) is 14.7. The van der Waals surface area contributed by atoms with Crippen molar-refractivity contribution in [3.63, 3.8) is 0 Å². The van der Waals surface area contributed by atoms with E-state index in [-0.39, 0.29) is 44.6 Å². The van der Waals surface area contributed by atoms with Gasteiger partial charge in [0.2, 0.25) is 0 Å². The van der Waals surface area contributed by atoms with E-state index in [9.17, 15) is 0 Å². The fourth-order valence-electron chi connectivity index (χ4n) is 13.2. The lowest BCUT2D eigenvalue weighted by Crippen LogP contribution is -2.62. The molecule has 0 fully saturated rings. The molecule has 0 saturated carbocycles. The number of hydrogen-bond donors (Lipinski definition) is 0. The molecule has 3 aliphatic carbocycles. The average molecular weight is 883 g/mol. The first kappa shape index (κ1) is 44.9. The molecular formula is C60H79BN2OSi. The summed E-state index contributed by atoms with van der Waals surface area (Å²) in [6.07, 6.45) is 6.96. The van der Waals surface area contributed by atoms with Crippen molar-refractivity contribution in [2.45, 2.75) is 207 Å². The first-order chi connectivity index (χ1) is 29.9. The number of benzene rings is 4. The zero-order chi connectivity index (χ0) is 47.1. The van der Waals surface area contributed by atoms with Gasteiger partial charge in [0.05, 0.1) is 19.4 Å². The van der Waals surface area contributed by atoms with Gasteiger partial charge < -0.3 is 14.2 Å². The molecule has 10 rings (SSSR count). The van der Waals surface area contributed by atoms with Crippen molar-refractivity contribution in [2.24, 2.45) is 0 Å². The van der Waals surface area contributed by atoms with Gasteiger partial charge in [0.1, 0.15) is 5.76 Å². The Labute approximate surface area is 395 Å². The van der Waals surface area contributed by atoms with Gasteiger partial charge in [-0.1, -0.05) is 154 Å². The highest BCUT2D eigenvalue weighted by atomic mass is 28.3. The number of hydrogen-bond acceptors (Lipinski definition) is 3. The van der Waals surface area contributed by atoms with Gasteiger partial charge in [-0.15, -0.1) is 0 Å². The number of aryl methyl sites for hydroxylation is 1. The summed E-state index contributed by atoms with van der Waals surface area (Å²) in [5.74, 6) is 1.19. The van der Waals surface area contributed by atoms with E-state index in [1.165, 1.54) is 114 Å². The lowest BCUT2D eigenvalue weighted by Gasteiger charge is -2.49. The maximum absolute atomic E-state index is 7.82. The number of anilines is 6. The molecular weight excluding hydrogens is 804 g/mol. The molecule has 65 heavy (non-hydrogen) atoms. The van der Waals surface area contributed by atoms with Gasteiger partial charge >= 0.3 is 0 Å². The molecule has 3 nitrogen and oxygen atoms in total. The molecule has 1 aromatic heterocycles. The van der Waals surface area contributed by atoms with Crippen molar-refractivity contribution in [1.29, 1.82) is 0 Å². The topological polar surface area (TPSA) is 19.6 Å². The quantitative estimate of drug-likeness (QED) is 0.165. The molecule has 342 valence electrons. The molecule has 5 heteroatoms. The highest BCUT2D eigenvalue weighted by Gasteiger charge is 2.54. The highest BCUT2D eigenvalue weighted by Crippen LogP contribution is 2.58. The summed E-state index contributed by atoms with van der Waals surface area (Å²) < 4.78 is 7.82. The maximum atomic E-state index is 7.82. The van der Waals surface area contributed by atoms with Gasteiger partial charge in [0.15, 0.2) is 0 Å². The molecule has 0 saturated heterocycles. The van der Waals surface area contributed by atoms with E-state index >= 15 is 0 Å². The third-order valence-corrected chi connectivity index (χ3v) is 19.7. The van der Waals surface area contributed by atoms with Gasteiger partial charge in [-0.2, -0.15) is 0 Å². The maximum Gasteiger partial charge on any atom is 0.297 e. The van der Waals surface area contributed by atoms with Crippen LogP contribution in [0.3, 0.4) is 0 Å². The van der Waals surface area contributed by atoms with Crippen molar-refractivity contribution in [3.05, 3.63) is 105 Å². The van der Waals surface area contributed by atoms with Gasteiger partial charge in [0.25, 0.3) is 6.71 Å². The Balaban J connectivity index is 1.38. The normalized spacial score (nSPS) is 21.4. The van der Waals surface area contributed by atoms with E-state index in [1.807, 2.05) is 0 Å². The Morgan fingerprint density at radius 3 is 1.69 bits per heavy atom. The zero-order valence-electron chi connectivity index (χ0n) is 43.9. The molecule has 5 aliphatic rings. The van der Waals surface area contributed by atoms with Crippen LogP contribution < -0.4 is 31.6 Å². The second-order valence-electron chi connectivity index (χ2n) is 27.5. The smallest absolute Gasteiger partial charge is 0.297 e. The van der Waals surface area contributed by atoms with Crippen molar-refractivity contribution >= 4 is 70.7 Å². The fraction of sp³-hybridized carbons (Fsp3) is 0.533. The second kappa shape index (κ2) is 13.6. The summed E-state index contributed by atoms with van der Waals surface area (Å²) in [7, 11) is -1.92. The molecule has 0 unspecified atom stereocenters. The number of rotatable bonds is 3. The summed E-state index contributed by atoms with van der Waals surface area (Å²) in [5, 5.41) is 1.51. The molecule has 5 aromatic rings. The minimum atomic E-state index is -1.92. The van der Waals surface area contributed by atoms with Crippen LogP contribution in [0.5, 0.6) is 0 Å². The monoisotopic (exact) mass is 883 g/mol. The number of fused-ring (bicyclic) bond motifs is 9. The molecule has 0 bridgehead atoms. The van der Waals surface area contributed by atoms with Crippen LogP contribution in [-0.2, 0) is 37.9 Å². The van der Waals surface area contributed by atoms with Crippen LogP contribution in [0.25, 0.3) is 0 Å². The predicted molar refractivity (Wildman–Crippen MR) is 285 cm³/mol. The summed E-state index contributed by atoms with van der Waals surface area (Å²) in [6, 6.07) is 25.3. The summed E-state index contributed by atoms with van der Waals surface area (Å²) in [4.78, 5) is 5.51. The van der Waals surface area contributed by atoms with Crippen LogP contribution in [0.4, 0.5) is 34.1 Å². The molecule has 0 amide bonds. The van der Waals surface area contributed by atoms with Gasteiger partial charge in [-0.3, -0.25) is 0 Å². The molecule has 3 heterocycles. The van der Waals surface area contributed by atoms with Gasteiger partial charge in [-0.25, -0.2) is 0 Å². The zero-order valence-corrected chi connectivity index (χ0v) is 44.9. The van der Waals surface area contributed by atoms with Crippen molar-refractivity contribution in [3.8, 4) is 0 Å². The van der Waals surface area contributed by atoms with Crippen molar-refractivity contribution in [1.82, 2.24) is 0 Å². The highest BCUT2D eigenvalue weighted by molar-refractivity contribution is 7.00. The van der Waals surface area contributed by atoms with E-state index in [1.54, 1.807) is 0 Å². The van der Waals surface area contributed by atoms with Crippen molar-refractivity contribution < 1.29 is 4.42 Å². The molecule has 0 atom stereocenters. The first-order valence-corrected chi connectivity index (χ1v) is 28.8. The summed E-state index contributed by atoms with van der Waals surface area (Å²) >= 11 is 0. The number of furan rings is 1. The molecule has 2 aliphatic heterocycles. The van der Waals surface area contributed by atoms with E-state index in [0.717, 1.165) is 24.9 Å². The number of nitrogens with zero attached hydrogens (tertiary/aromatic N) is 2. The Kier molecular flexibility index (Phi) is 9.39. The SMILES string of the molecule is Cc1cc2c3c(c1)N(c1ccc(C(C)(C)C)cc1[Si](C)(C)C)c1c(oc4c1C(C)(C)CCC4(C)C)B3c1ccc3c(c1N2c1ccc2c(c1)C(C)(C)CCC2(C)C)C(C)(C)CCC3(C)C. The van der Waals surface area contributed by atoms with E-state index in [4.69, 9.17) is 4.42 Å².